The lowest BCUT2D eigenvalue weighted by Crippen LogP contribution is -2.29. The average Bonchev–Trinajstić information content (AvgIpc) is 3.15. The van der Waals surface area contributed by atoms with Gasteiger partial charge in [-0.1, -0.05) is 6.07 Å². The smallest absolute Gasteiger partial charge is 0.248 e. The number of carbonyl (C=O) groups is 1. The Morgan fingerprint density at radius 1 is 0.962 bits per heavy atom. The lowest BCUT2D eigenvalue weighted by atomic mass is 10.1. The molecule has 1 fully saturated rings. The standard InChI is InChI=1S/C21H22N2O3/c24-21(11-5-16-4-10-19-20(14-16)26-15-25-19)22-17-6-8-18(9-7-17)23-12-2-1-3-13-23/h4-11,14H,1-3,12-13,15H2,(H,22,24). The van der Waals surface area contributed by atoms with Crippen LogP contribution < -0.4 is 19.7 Å². The molecule has 4 rings (SSSR count). The molecule has 0 radical (unpaired) electrons. The van der Waals surface area contributed by atoms with E-state index in [-0.39, 0.29) is 12.7 Å². The maximum atomic E-state index is 12.1. The maximum Gasteiger partial charge on any atom is 0.248 e. The number of hydrogen-bond donors (Lipinski definition) is 1. The zero-order valence-electron chi connectivity index (χ0n) is 14.6. The second-order valence-electron chi connectivity index (χ2n) is 6.53. The summed E-state index contributed by atoms with van der Waals surface area (Å²) in [7, 11) is 0. The summed E-state index contributed by atoms with van der Waals surface area (Å²) < 4.78 is 10.6. The minimum atomic E-state index is -0.159. The molecule has 0 unspecified atom stereocenters. The molecule has 2 aromatic rings. The Morgan fingerprint density at radius 2 is 1.73 bits per heavy atom. The van der Waals surface area contributed by atoms with Crippen LogP contribution in [0.25, 0.3) is 6.08 Å². The van der Waals surface area contributed by atoms with Crippen molar-refractivity contribution in [2.75, 3.05) is 30.1 Å². The first-order chi connectivity index (χ1) is 12.8. The van der Waals surface area contributed by atoms with Crippen molar-refractivity contribution in [3.63, 3.8) is 0 Å². The van der Waals surface area contributed by atoms with Gasteiger partial charge in [-0.2, -0.15) is 0 Å². The molecule has 1 amide bonds. The number of rotatable bonds is 4. The Labute approximate surface area is 153 Å². The third-order valence-corrected chi connectivity index (χ3v) is 4.68. The molecule has 2 aliphatic rings. The average molecular weight is 350 g/mol. The number of amides is 1. The molecule has 1 saturated heterocycles. The van der Waals surface area contributed by atoms with Gasteiger partial charge in [-0.25, -0.2) is 0 Å². The van der Waals surface area contributed by atoms with Gasteiger partial charge in [0.25, 0.3) is 0 Å². The SMILES string of the molecule is O=C(C=Cc1ccc2c(c1)OCO2)Nc1ccc(N2CCCCC2)cc1. The van der Waals surface area contributed by atoms with E-state index in [0.717, 1.165) is 30.1 Å². The Bertz CT molecular complexity index is 809. The van der Waals surface area contributed by atoms with Crippen molar-refractivity contribution in [2.24, 2.45) is 0 Å². The number of hydrogen-bond acceptors (Lipinski definition) is 4. The quantitative estimate of drug-likeness (QED) is 0.845. The van der Waals surface area contributed by atoms with Gasteiger partial charge in [0, 0.05) is 30.5 Å². The highest BCUT2D eigenvalue weighted by Crippen LogP contribution is 2.32. The van der Waals surface area contributed by atoms with Crippen molar-refractivity contribution < 1.29 is 14.3 Å². The van der Waals surface area contributed by atoms with Crippen molar-refractivity contribution >= 4 is 23.4 Å². The van der Waals surface area contributed by atoms with Crippen molar-refractivity contribution in [2.45, 2.75) is 19.3 Å². The summed E-state index contributed by atoms with van der Waals surface area (Å²) in [5, 5.41) is 2.89. The number of piperidine rings is 1. The molecule has 0 aliphatic carbocycles. The van der Waals surface area contributed by atoms with E-state index < -0.39 is 0 Å². The normalized spacial score (nSPS) is 16.1. The molecule has 2 aromatic carbocycles. The van der Waals surface area contributed by atoms with E-state index in [2.05, 4.69) is 22.3 Å². The van der Waals surface area contributed by atoms with Crippen LogP contribution in [0.4, 0.5) is 11.4 Å². The van der Waals surface area contributed by atoms with Crippen LogP contribution in [0.1, 0.15) is 24.8 Å². The van der Waals surface area contributed by atoms with E-state index in [0.29, 0.717) is 5.75 Å². The molecule has 2 aliphatic heterocycles. The summed E-state index contributed by atoms with van der Waals surface area (Å²) in [6.07, 6.45) is 7.11. The lowest BCUT2D eigenvalue weighted by Gasteiger charge is -2.28. The summed E-state index contributed by atoms with van der Waals surface area (Å²) in [5.74, 6) is 1.29. The molecular formula is C21H22N2O3. The minimum absolute atomic E-state index is 0.159. The monoisotopic (exact) mass is 350 g/mol. The number of carbonyl (C=O) groups excluding carboxylic acids is 1. The van der Waals surface area contributed by atoms with E-state index in [9.17, 15) is 4.79 Å². The predicted molar refractivity (Wildman–Crippen MR) is 103 cm³/mol. The number of anilines is 2. The summed E-state index contributed by atoms with van der Waals surface area (Å²) >= 11 is 0. The van der Waals surface area contributed by atoms with Gasteiger partial charge in [-0.15, -0.1) is 0 Å². The molecule has 2 heterocycles. The highest BCUT2D eigenvalue weighted by Gasteiger charge is 2.12. The van der Waals surface area contributed by atoms with Gasteiger partial charge in [-0.05, 0) is 67.3 Å². The zero-order chi connectivity index (χ0) is 17.8. The molecule has 26 heavy (non-hydrogen) atoms. The number of fused-ring (bicyclic) bond motifs is 1. The third-order valence-electron chi connectivity index (χ3n) is 4.68. The molecule has 1 N–H and O–H groups in total. The predicted octanol–water partition coefficient (Wildman–Crippen LogP) is 4.06. The highest BCUT2D eigenvalue weighted by molar-refractivity contribution is 6.02. The fourth-order valence-electron chi connectivity index (χ4n) is 3.28. The van der Waals surface area contributed by atoms with Gasteiger partial charge >= 0.3 is 0 Å². The molecule has 0 bridgehead atoms. The van der Waals surface area contributed by atoms with Crippen molar-refractivity contribution in [3.8, 4) is 11.5 Å². The first-order valence-corrected chi connectivity index (χ1v) is 9.02. The first-order valence-electron chi connectivity index (χ1n) is 9.02. The Balaban J connectivity index is 1.35. The molecule has 0 saturated carbocycles. The lowest BCUT2D eigenvalue weighted by molar-refractivity contribution is -0.111. The summed E-state index contributed by atoms with van der Waals surface area (Å²) in [5.41, 5.74) is 2.91. The van der Waals surface area contributed by atoms with Gasteiger partial charge in [0.15, 0.2) is 11.5 Å². The van der Waals surface area contributed by atoms with Gasteiger partial charge in [0.05, 0.1) is 0 Å². The molecule has 0 spiro atoms. The molecule has 0 atom stereocenters. The largest absolute Gasteiger partial charge is 0.454 e. The molecular weight excluding hydrogens is 328 g/mol. The zero-order valence-corrected chi connectivity index (χ0v) is 14.6. The van der Waals surface area contributed by atoms with Crippen LogP contribution in [0.3, 0.4) is 0 Å². The van der Waals surface area contributed by atoms with Crippen LogP contribution in [-0.2, 0) is 4.79 Å². The van der Waals surface area contributed by atoms with E-state index in [1.165, 1.54) is 31.0 Å². The van der Waals surface area contributed by atoms with E-state index in [4.69, 9.17) is 9.47 Å². The number of nitrogens with one attached hydrogen (secondary N) is 1. The van der Waals surface area contributed by atoms with Crippen LogP contribution in [0.2, 0.25) is 0 Å². The number of benzene rings is 2. The topological polar surface area (TPSA) is 50.8 Å². The number of nitrogens with zero attached hydrogens (tertiary/aromatic N) is 1. The van der Waals surface area contributed by atoms with Gasteiger partial charge in [0.2, 0.25) is 12.7 Å². The van der Waals surface area contributed by atoms with Gasteiger partial charge < -0.3 is 19.7 Å². The van der Waals surface area contributed by atoms with Crippen LogP contribution >= 0.6 is 0 Å². The summed E-state index contributed by atoms with van der Waals surface area (Å²) in [4.78, 5) is 14.5. The fourth-order valence-corrected chi connectivity index (χ4v) is 3.28. The van der Waals surface area contributed by atoms with E-state index in [1.807, 2.05) is 30.3 Å². The molecule has 5 nitrogen and oxygen atoms in total. The van der Waals surface area contributed by atoms with E-state index in [1.54, 1.807) is 6.08 Å². The maximum absolute atomic E-state index is 12.1. The minimum Gasteiger partial charge on any atom is -0.454 e. The summed E-state index contributed by atoms with van der Waals surface area (Å²) in [6.45, 7) is 2.48. The van der Waals surface area contributed by atoms with Gasteiger partial charge in [0.1, 0.15) is 0 Å². The highest BCUT2D eigenvalue weighted by atomic mass is 16.7. The number of ether oxygens (including phenoxy) is 2. The van der Waals surface area contributed by atoms with Crippen LogP contribution in [-0.4, -0.2) is 25.8 Å². The Kier molecular flexibility index (Phi) is 4.78. The Morgan fingerprint density at radius 3 is 2.54 bits per heavy atom. The summed E-state index contributed by atoms with van der Waals surface area (Å²) in [6, 6.07) is 13.7. The van der Waals surface area contributed by atoms with Crippen molar-refractivity contribution in [1.29, 1.82) is 0 Å². The Hall–Kier alpha value is -2.95. The first kappa shape index (κ1) is 16.5. The third kappa shape index (κ3) is 3.82. The fraction of sp³-hybridized carbons (Fsp3) is 0.286. The van der Waals surface area contributed by atoms with Crippen LogP contribution in [0.15, 0.2) is 48.5 Å². The second kappa shape index (κ2) is 7.52. The molecule has 5 heteroatoms. The van der Waals surface area contributed by atoms with Crippen molar-refractivity contribution in [3.05, 3.63) is 54.1 Å². The molecule has 134 valence electrons. The van der Waals surface area contributed by atoms with Crippen LogP contribution in [0.5, 0.6) is 11.5 Å². The van der Waals surface area contributed by atoms with Crippen LogP contribution in [0, 0.1) is 0 Å². The second-order valence-corrected chi connectivity index (χ2v) is 6.53. The van der Waals surface area contributed by atoms with Crippen molar-refractivity contribution in [1.82, 2.24) is 0 Å². The molecule has 0 aromatic heterocycles. The van der Waals surface area contributed by atoms with E-state index >= 15 is 0 Å². The van der Waals surface area contributed by atoms with Gasteiger partial charge in [-0.3, -0.25) is 4.79 Å².